The monoisotopic (exact) mass is 254 g/mol. The van der Waals surface area contributed by atoms with E-state index >= 15 is 0 Å². The second-order valence-electron chi connectivity index (χ2n) is 3.85. The molecule has 0 aliphatic rings. The molecule has 0 fully saturated rings. The van der Waals surface area contributed by atoms with Gasteiger partial charge in [0.05, 0.1) is 7.11 Å². The molecule has 0 aromatic heterocycles. The number of hydrogen-bond donors (Lipinski definition) is 2. The summed E-state index contributed by atoms with van der Waals surface area (Å²) >= 11 is 0. The minimum atomic E-state index is 0.0271. The van der Waals surface area contributed by atoms with E-state index in [-0.39, 0.29) is 5.84 Å². The number of methoxy groups -OCH3 is 1. The van der Waals surface area contributed by atoms with Gasteiger partial charge in [0.15, 0.2) is 5.84 Å². The van der Waals surface area contributed by atoms with Gasteiger partial charge in [-0.05, 0) is 17.7 Å². The van der Waals surface area contributed by atoms with Crippen molar-refractivity contribution in [1.29, 1.82) is 5.41 Å². The van der Waals surface area contributed by atoms with E-state index in [0.29, 0.717) is 5.56 Å². The van der Waals surface area contributed by atoms with Crippen molar-refractivity contribution in [3.05, 3.63) is 54.1 Å². The maximum Gasteiger partial charge on any atom is 0.176 e. The molecule has 5 nitrogen and oxygen atoms in total. The number of nitrogens with one attached hydrogen (secondary N) is 1. The van der Waals surface area contributed by atoms with Crippen molar-refractivity contribution in [2.24, 2.45) is 16.2 Å². The van der Waals surface area contributed by atoms with Crippen LogP contribution in [0.15, 0.2) is 58.9 Å². The summed E-state index contributed by atoms with van der Waals surface area (Å²) in [6, 6.07) is 15.2. The topological polar surface area (TPSA) is 83.8 Å². The summed E-state index contributed by atoms with van der Waals surface area (Å²) in [6.07, 6.45) is 0. The fraction of sp³-hybridized carbons (Fsp3) is 0.0714. The number of benzene rings is 2. The van der Waals surface area contributed by atoms with E-state index in [1.165, 1.54) is 0 Å². The standard InChI is InChI=1S/C14H14N4O/c1-19-13-8-3-2-7-12(13)10-5-4-6-11(9-10)14(15)17-18-16/h2-9H,1H3,(H3,15,16,17). The molecule has 3 N–H and O–H groups in total. The number of ether oxygens (including phenoxy) is 1. The Morgan fingerprint density at radius 3 is 2.68 bits per heavy atom. The van der Waals surface area contributed by atoms with Crippen LogP contribution in [0.2, 0.25) is 0 Å². The van der Waals surface area contributed by atoms with Gasteiger partial charge in [0, 0.05) is 11.1 Å². The van der Waals surface area contributed by atoms with E-state index in [4.69, 9.17) is 16.0 Å². The molecule has 0 atom stereocenters. The third-order valence-corrected chi connectivity index (χ3v) is 2.71. The third-order valence-electron chi connectivity index (χ3n) is 2.71. The lowest BCUT2D eigenvalue weighted by molar-refractivity contribution is 0.416. The summed E-state index contributed by atoms with van der Waals surface area (Å²) in [5.74, 6) is 5.77. The second-order valence-corrected chi connectivity index (χ2v) is 3.85. The molecule has 2 rings (SSSR count). The van der Waals surface area contributed by atoms with Gasteiger partial charge in [-0.3, -0.25) is 5.41 Å². The molecule has 0 bridgehead atoms. The molecule has 2 aromatic rings. The lowest BCUT2D eigenvalue weighted by Crippen LogP contribution is -1.96. The Morgan fingerprint density at radius 1 is 1.16 bits per heavy atom. The molecule has 96 valence electrons. The van der Waals surface area contributed by atoms with E-state index in [9.17, 15) is 0 Å². The quantitative estimate of drug-likeness (QED) is 0.290. The Kier molecular flexibility index (Phi) is 3.87. The third kappa shape index (κ3) is 2.77. The molecular formula is C14H14N4O. The van der Waals surface area contributed by atoms with Crippen molar-refractivity contribution in [3.8, 4) is 16.9 Å². The van der Waals surface area contributed by atoms with E-state index in [0.717, 1.165) is 16.9 Å². The Bertz CT molecular complexity index is 622. The molecule has 0 radical (unpaired) electrons. The van der Waals surface area contributed by atoms with Crippen LogP contribution in [0.1, 0.15) is 5.56 Å². The van der Waals surface area contributed by atoms with Gasteiger partial charge in [-0.1, -0.05) is 41.6 Å². The van der Waals surface area contributed by atoms with Crippen LogP contribution in [0.4, 0.5) is 0 Å². The Balaban J connectivity index is 2.46. The average Bonchev–Trinajstić information content (AvgIpc) is 2.47. The van der Waals surface area contributed by atoms with Gasteiger partial charge in [-0.15, -0.1) is 5.11 Å². The highest BCUT2D eigenvalue weighted by molar-refractivity contribution is 5.97. The number of para-hydroxylation sites is 1. The van der Waals surface area contributed by atoms with Crippen LogP contribution in [0.25, 0.3) is 11.1 Å². The largest absolute Gasteiger partial charge is 0.496 e. The Hall–Kier alpha value is -2.69. The van der Waals surface area contributed by atoms with Crippen LogP contribution in [0.3, 0.4) is 0 Å². The van der Waals surface area contributed by atoms with E-state index in [2.05, 4.69) is 10.3 Å². The molecule has 0 aliphatic heterocycles. The van der Waals surface area contributed by atoms with Crippen molar-refractivity contribution < 1.29 is 4.74 Å². The SMILES string of the molecule is COc1ccccc1-c1cccc(C(=N)N=NN)c1. The molecule has 0 amide bonds. The molecule has 0 aliphatic carbocycles. The predicted octanol–water partition coefficient (Wildman–Crippen LogP) is 3.01. The summed E-state index contributed by atoms with van der Waals surface area (Å²) in [5, 5.41) is 14.4. The number of rotatable bonds is 3. The number of amidine groups is 1. The summed E-state index contributed by atoms with van der Waals surface area (Å²) < 4.78 is 5.33. The van der Waals surface area contributed by atoms with Crippen molar-refractivity contribution in [2.75, 3.05) is 7.11 Å². The minimum absolute atomic E-state index is 0.0271. The van der Waals surface area contributed by atoms with Crippen molar-refractivity contribution in [3.63, 3.8) is 0 Å². The zero-order valence-corrected chi connectivity index (χ0v) is 10.5. The van der Waals surface area contributed by atoms with Gasteiger partial charge >= 0.3 is 0 Å². The van der Waals surface area contributed by atoms with E-state index in [1.54, 1.807) is 13.2 Å². The zero-order valence-electron chi connectivity index (χ0n) is 10.5. The summed E-state index contributed by atoms with van der Waals surface area (Å²) in [4.78, 5) is 0. The van der Waals surface area contributed by atoms with Gasteiger partial charge in [-0.25, -0.2) is 0 Å². The first-order valence-electron chi connectivity index (χ1n) is 5.69. The summed E-state index contributed by atoms with van der Waals surface area (Å²) in [5.41, 5.74) is 2.56. The maximum atomic E-state index is 7.72. The van der Waals surface area contributed by atoms with Crippen molar-refractivity contribution >= 4 is 5.84 Å². The van der Waals surface area contributed by atoms with E-state index < -0.39 is 0 Å². The maximum absolute atomic E-state index is 7.72. The summed E-state index contributed by atoms with van der Waals surface area (Å²) in [6.45, 7) is 0. The first-order valence-corrected chi connectivity index (χ1v) is 5.69. The van der Waals surface area contributed by atoms with Crippen LogP contribution in [-0.4, -0.2) is 12.9 Å². The van der Waals surface area contributed by atoms with Crippen LogP contribution >= 0.6 is 0 Å². The lowest BCUT2D eigenvalue weighted by Gasteiger charge is -2.09. The van der Waals surface area contributed by atoms with E-state index in [1.807, 2.05) is 42.5 Å². The Morgan fingerprint density at radius 2 is 1.95 bits per heavy atom. The predicted molar refractivity (Wildman–Crippen MR) is 74.3 cm³/mol. The molecule has 2 aromatic carbocycles. The first kappa shape index (κ1) is 12.8. The van der Waals surface area contributed by atoms with Gasteiger partial charge in [0.1, 0.15) is 5.75 Å². The van der Waals surface area contributed by atoms with Gasteiger partial charge < -0.3 is 10.6 Å². The molecule has 19 heavy (non-hydrogen) atoms. The molecule has 0 saturated heterocycles. The molecule has 0 unspecified atom stereocenters. The van der Waals surface area contributed by atoms with Crippen molar-refractivity contribution in [2.45, 2.75) is 0 Å². The van der Waals surface area contributed by atoms with Gasteiger partial charge in [-0.2, -0.15) is 0 Å². The zero-order chi connectivity index (χ0) is 13.7. The fourth-order valence-corrected chi connectivity index (χ4v) is 1.83. The molecule has 0 spiro atoms. The van der Waals surface area contributed by atoms with Gasteiger partial charge in [0.25, 0.3) is 0 Å². The molecule has 0 saturated carbocycles. The van der Waals surface area contributed by atoms with Crippen LogP contribution in [-0.2, 0) is 0 Å². The van der Waals surface area contributed by atoms with Crippen molar-refractivity contribution in [1.82, 2.24) is 0 Å². The second kappa shape index (κ2) is 5.77. The number of hydrogen-bond acceptors (Lipinski definition) is 3. The lowest BCUT2D eigenvalue weighted by atomic mass is 10.0. The average molecular weight is 254 g/mol. The van der Waals surface area contributed by atoms with Crippen LogP contribution in [0.5, 0.6) is 5.75 Å². The smallest absolute Gasteiger partial charge is 0.176 e. The molecule has 0 heterocycles. The highest BCUT2D eigenvalue weighted by Gasteiger charge is 2.07. The first-order chi connectivity index (χ1) is 9.26. The minimum Gasteiger partial charge on any atom is -0.496 e. The van der Waals surface area contributed by atoms with Gasteiger partial charge in [0.2, 0.25) is 0 Å². The Labute approximate surface area is 111 Å². The molecule has 5 heteroatoms. The highest BCUT2D eigenvalue weighted by Crippen LogP contribution is 2.29. The molecular weight excluding hydrogens is 240 g/mol. The normalized spacial score (nSPS) is 10.6. The highest BCUT2D eigenvalue weighted by atomic mass is 16.5. The van der Waals surface area contributed by atoms with Crippen LogP contribution < -0.4 is 10.6 Å². The number of nitrogens with two attached hydrogens (primary N) is 1. The fourth-order valence-electron chi connectivity index (χ4n) is 1.83. The summed E-state index contributed by atoms with van der Waals surface area (Å²) in [7, 11) is 1.63. The van der Waals surface area contributed by atoms with Crippen LogP contribution in [0, 0.1) is 5.41 Å². The number of nitrogens with zero attached hydrogens (tertiary/aromatic N) is 2.